The summed E-state index contributed by atoms with van der Waals surface area (Å²) in [5.74, 6) is 0. The van der Waals surface area contributed by atoms with Gasteiger partial charge in [0, 0.05) is 10.4 Å². The molecular weight excluding hydrogens is 179 g/mol. The fraction of sp³-hybridized carbons (Fsp3) is 0.556. The van der Waals surface area contributed by atoms with E-state index in [9.17, 15) is 0 Å². The molecule has 0 N–H and O–H groups in total. The van der Waals surface area contributed by atoms with Crippen LogP contribution in [0.3, 0.4) is 0 Å². The van der Waals surface area contributed by atoms with Crippen molar-refractivity contribution < 1.29 is 0 Å². The summed E-state index contributed by atoms with van der Waals surface area (Å²) in [6.07, 6.45) is 5.77. The summed E-state index contributed by atoms with van der Waals surface area (Å²) in [6.45, 7) is 6.06. The third-order valence-corrected chi connectivity index (χ3v) is 3.67. The van der Waals surface area contributed by atoms with Gasteiger partial charge in [0.05, 0.1) is 4.87 Å². The van der Waals surface area contributed by atoms with E-state index in [2.05, 4.69) is 0 Å². The fourth-order valence-electron chi connectivity index (χ4n) is 0.963. The maximum atomic E-state index is 6.25. The van der Waals surface area contributed by atoms with E-state index in [0.29, 0.717) is 0 Å². The minimum Gasteiger partial charge on any atom is -0.114 e. The van der Waals surface area contributed by atoms with Crippen LogP contribution in [0.5, 0.6) is 0 Å². The number of allylic oxidation sites excluding steroid dienone is 4. The van der Waals surface area contributed by atoms with Gasteiger partial charge in [-0.3, -0.25) is 0 Å². The minimum absolute atomic E-state index is 0.162. The molecule has 0 bridgehead atoms. The molecule has 0 saturated heterocycles. The molecule has 0 spiro atoms. The van der Waals surface area contributed by atoms with Crippen molar-refractivity contribution in [1.82, 2.24) is 0 Å². The van der Waals surface area contributed by atoms with Crippen LogP contribution in [-0.4, -0.2) is 4.87 Å². The number of hydrogen-bond acceptors (Lipinski definition) is 0. The lowest BCUT2D eigenvalue weighted by Crippen LogP contribution is -2.36. The van der Waals surface area contributed by atoms with E-state index >= 15 is 0 Å². The Labute approximate surface area is 77.9 Å². The second-order valence-corrected chi connectivity index (χ2v) is 4.77. The second kappa shape index (κ2) is 2.53. The van der Waals surface area contributed by atoms with Crippen LogP contribution in [0.25, 0.3) is 0 Å². The van der Waals surface area contributed by atoms with Gasteiger partial charge >= 0.3 is 0 Å². The maximum absolute atomic E-state index is 6.25. The van der Waals surface area contributed by atoms with Crippen molar-refractivity contribution in [2.24, 2.45) is 5.41 Å². The van der Waals surface area contributed by atoms with Crippen LogP contribution in [0, 0.1) is 5.41 Å². The summed E-state index contributed by atoms with van der Waals surface area (Å²) in [5, 5.41) is 0.817. The first-order valence-electron chi connectivity index (χ1n) is 3.62. The highest BCUT2D eigenvalue weighted by Gasteiger charge is 2.41. The largest absolute Gasteiger partial charge is 0.114 e. The van der Waals surface area contributed by atoms with E-state index < -0.39 is 0 Å². The molecule has 2 heteroatoms. The predicted molar refractivity (Wildman–Crippen MR) is 51.1 cm³/mol. The Hall–Kier alpha value is 0.0600. The topological polar surface area (TPSA) is 0 Å². The van der Waals surface area contributed by atoms with Crippen LogP contribution in [0.15, 0.2) is 23.3 Å². The van der Waals surface area contributed by atoms with Gasteiger partial charge in [0.1, 0.15) is 0 Å². The van der Waals surface area contributed by atoms with Crippen molar-refractivity contribution >= 4 is 23.2 Å². The minimum atomic E-state index is -0.362. The van der Waals surface area contributed by atoms with Crippen LogP contribution in [-0.2, 0) is 0 Å². The van der Waals surface area contributed by atoms with Crippen molar-refractivity contribution in [3.63, 3.8) is 0 Å². The molecule has 0 radical (unpaired) electrons. The monoisotopic (exact) mass is 190 g/mol. The summed E-state index contributed by atoms with van der Waals surface area (Å²) in [6, 6.07) is 0. The molecule has 0 saturated carbocycles. The van der Waals surface area contributed by atoms with Gasteiger partial charge in [-0.05, 0) is 13.0 Å². The smallest absolute Gasteiger partial charge is 0.0700 e. The highest BCUT2D eigenvalue weighted by atomic mass is 35.5. The van der Waals surface area contributed by atoms with E-state index in [1.54, 1.807) is 0 Å². The molecule has 0 heterocycles. The Morgan fingerprint density at radius 3 is 2.18 bits per heavy atom. The Kier molecular flexibility index (Phi) is 2.11. The fourth-order valence-corrected chi connectivity index (χ4v) is 1.46. The van der Waals surface area contributed by atoms with Crippen LogP contribution < -0.4 is 0 Å². The average molecular weight is 191 g/mol. The SMILES string of the molecule is CC1(Cl)C=CC=C(Cl)C1(C)C. The molecule has 0 fully saturated rings. The summed E-state index contributed by atoms with van der Waals surface area (Å²) in [5.41, 5.74) is -0.162. The van der Waals surface area contributed by atoms with E-state index in [-0.39, 0.29) is 10.3 Å². The highest BCUT2D eigenvalue weighted by Crippen LogP contribution is 2.47. The molecular formula is C9H12Cl2. The molecule has 1 atom stereocenters. The quantitative estimate of drug-likeness (QED) is 0.512. The van der Waals surface area contributed by atoms with Crippen molar-refractivity contribution in [3.05, 3.63) is 23.3 Å². The van der Waals surface area contributed by atoms with Crippen LogP contribution in [0.1, 0.15) is 20.8 Å². The summed E-state index contributed by atoms with van der Waals surface area (Å²) in [4.78, 5) is -0.362. The van der Waals surface area contributed by atoms with Gasteiger partial charge in [-0.2, -0.15) is 0 Å². The molecule has 0 aromatic heterocycles. The van der Waals surface area contributed by atoms with Crippen LogP contribution in [0.4, 0.5) is 0 Å². The Balaban J connectivity index is 3.09. The van der Waals surface area contributed by atoms with Gasteiger partial charge in [0.15, 0.2) is 0 Å². The second-order valence-electron chi connectivity index (χ2n) is 3.57. The Morgan fingerprint density at radius 1 is 1.27 bits per heavy atom. The Morgan fingerprint density at radius 2 is 1.82 bits per heavy atom. The molecule has 0 amide bonds. The van der Waals surface area contributed by atoms with Crippen LogP contribution in [0.2, 0.25) is 0 Å². The van der Waals surface area contributed by atoms with Crippen LogP contribution >= 0.6 is 23.2 Å². The van der Waals surface area contributed by atoms with Crippen molar-refractivity contribution in [3.8, 4) is 0 Å². The van der Waals surface area contributed by atoms with Gasteiger partial charge < -0.3 is 0 Å². The first-order valence-corrected chi connectivity index (χ1v) is 4.38. The molecule has 0 nitrogen and oxygen atoms in total. The Bertz CT molecular complexity index is 222. The molecule has 0 aromatic carbocycles. The lowest BCUT2D eigenvalue weighted by Gasteiger charge is -2.38. The first kappa shape index (κ1) is 9.15. The number of alkyl halides is 1. The van der Waals surface area contributed by atoms with Gasteiger partial charge in [-0.1, -0.05) is 37.6 Å². The summed E-state index contributed by atoms with van der Waals surface area (Å²) < 4.78 is 0. The van der Waals surface area contributed by atoms with Crippen molar-refractivity contribution in [2.45, 2.75) is 25.6 Å². The highest BCUT2D eigenvalue weighted by molar-refractivity contribution is 6.33. The summed E-state index contributed by atoms with van der Waals surface area (Å²) in [7, 11) is 0. The number of rotatable bonds is 0. The molecule has 0 aliphatic heterocycles. The lowest BCUT2D eigenvalue weighted by atomic mass is 9.76. The molecule has 1 unspecified atom stereocenters. The molecule has 11 heavy (non-hydrogen) atoms. The van der Waals surface area contributed by atoms with Crippen molar-refractivity contribution in [1.29, 1.82) is 0 Å². The van der Waals surface area contributed by atoms with E-state index in [1.165, 1.54) is 0 Å². The third-order valence-electron chi connectivity index (χ3n) is 2.47. The van der Waals surface area contributed by atoms with Gasteiger partial charge in [0.2, 0.25) is 0 Å². The molecule has 1 rings (SSSR count). The normalized spacial score (nSPS) is 35.2. The number of hydrogen-bond donors (Lipinski definition) is 0. The molecule has 62 valence electrons. The molecule has 1 aliphatic carbocycles. The zero-order valence-electron chi connectivity index (χ0n) is 6.99. The van der Waals surface area contributed by atoms with E-state index in [4.69, 9.17) is 23.2 Å². The zero-order chi connectivity index (χ0) is 8.70. The van der Waals surface area contributed by atoms with E-state index in [0.717, 1.165) is 5.03 Å². The molecule has 0 aromatic rings. The van der Waals surface area contributed by atoms with E-state index in [1.807, 2.05) is 39.0 Å². The summed E-state index contributed by atoms with van der Waals surface area (Å²) >= 11 is 12.3. The first-order chi connectivity index (χ1) is 4.88. The van der Waals surface area contributed by atoms with Gasteiger partial charge in [0.25, 0.3) is 0 Å². The van der Waals surface area contributed by atoms with Gasteiger partial charge in [-0.15, -0.1) is 11.6 Å². The zero-order valence-corrected chi connectivity index (χ0v) is 8.50. The maximum Gasteiger partial charge on any atom is 0.0700 e. The molecule has 1 aliphatic rings. The standard InChI is InChI=1S/C9H12Cl2/c1-8(2)7(10)5-4-6-9(8,3)11/h4-6H,1-3H3. The van der Waals surface area contributed by atoms with Gasteiger partial charge in [-0.25, -0.2) is 0 Å². The van der Waals surface area contributed by atoms with Crippen molar-refractivity contribution in [2.75, 3.05) is 0 Å². The third kappa shape index (κ3) is 1.34. The predicted octanol–water partition coefficient (Wildman–Crippen LogP) is 3.70. The lowest BCUT2D eigenvalue weighted by molar-refractivity contribution is 0.383. The number of halogens is 2. The average Bonchev–Trinajstić information content (AvgIpc) is 1.84.